The maximum absolute atomic E-state index is 12.8. The number of pyridine rings is 1. The summed E-state index contributed by atoms with van der Waals surface area (Å²) >= 11 is 0. The predicted molar refractivity (Wildman–Crippen MR) is 116 cm³/mol. The van der Waals surface area contributed by atoms with Crippen LogP contribution >= 0.6 is 0 Å². The lowest BCUT2D eigenvalue weighted by molar-refractivity contribution is 0.00781. The van der Waals surface area contributed by atoms with Crippen LogP contribution in [0, 0.1) is 5.92 Å². The molecule has 0 spiro atoms. The second kappa shape index (κ2) is 9.12. The van der Waals surface area contributed by atoms with Crippen LogP contribution in [0.1, 0.15) is 40.5 Å². The molecule has 0 unspecified atom stereocenters. The Kier molecular flexibility index (Phi) is 6.45. The quantitative estimate of drug-likeness (QED) is 0.391. The molecule has 10 nitrogen and oxygen atoms in total. The summed E-state index contributed by atoms with van der Waals surface area (Å²) in [6.45, 7) is -0.331. The van der Waals surface area contributed by atoms with Gasteiger partial charge in [0.05, 0.1) is 24.8 Å². The van der Waals surface area contributed by atoms with E-state index in [2.05, 4.69) is 25.9 Å². The minimum Gasteiger partial charge on any atom is -0.390 e. The molecule has 1 saturated carbocycles. The fourth-order valence-corrected chi connectivity index (χ4v) is 4.78. The maximum Gasteiger partial charge on any atom is 0.333 e. The summed E-state index contributed by atoms with van der Waals surface area (Å²) in [5.41, 5.74) is 3.12. The second-order valence-corrected chi connectivity index (χ2v) is 9.42. The molecular formula is C21H26N4O6S. The molecule has 2 aliphatic carbocycles. The molecule has 0 aliphatic heterocycles. The number of nitrogens with one attached hydrogen (secondary N) is 2. The monoisotopic (exact) mass is 462 g/mol. The van der Waals surface area contributed by atoms with Gasteiger partial charge in [-0.25, -0.2) is 5.14 Å². The van der Waals surface area contributed by atoms with Gasteiger partial charge in [0.1, 0.15) is 11.8 Å². The molecule has 1 fully saturated rings. The predicted octanol–water partition coefficient (Wildman–Crippen LogP) is 0.241. The van der Waals surface area contributed by atoms with Gasteiger partial charge in [-0.3, -0.25) is 14.0 Å². The van der Waals surface area contributed by atoms with Gasteiger partial charge in [-0.1, -0.05) is 24.3 Å². The first-order chi connectivity index (χ1) is 15.2. The fraction of sp³-hybridized carbons (Fsp3) is 0.429. The highest BCUT2D eigenvalue weighted by Crippen LogP contribution is 2.32. The Labute approximate surface area is 186 Å². The average Bonchev–Trinajstić information content (AvgIpc) is 3.28. The van der Waals surface area contributed by atoms with Gasteiger partial charge in [-0.2, -0.15) is 8.42 Å². The van der Waals surface area contributed by atoms with Gasteiger partial charge in [-0.05, 0) is 42.5 Å². The third kappa shape index (κ3) is 5.08. The van der Waals surface area contributed by atoms with Crippen LogP contribution in [0.3, 0.4) is 0 Å². The lowest BCUT2D eigenvalue weighted by Crippen LogP contribution is -2.36. The molecule has 0 radical (unpaired) electrons. The Morgan fingerprint density at radius 2 is 2.00 bits per heavy atom. The lowest BCUT2D eigenvalue weighted by Gasteiger charge is -2.19. The summed E-state index contributed by atoms with van der Waals surface area (Å²) in [6, 6.07) is 10.6. The summed E-state index contributed by atoms with van der Waals surface area (Å²) < 4.78 is 26.5. The van der Waals surface area contributed by atoms with Gasteiger partial charge in [0.2, 0.25) is 0 Å². The highest BCUT2D eigenvalue weighted by molar-refractivity contribution is 7.84. The largest absolute Gasteiger partial charge is 0.390 e. The van der Waals surface area contributed by atoms with E-state index in [4.69, 9.17) is 5.14 Å². The number of aryl methyl sites for hydroxylation is 1. The maximum atomic E-state index is 12.8. The SMILES string of the molecule is NS(=O)(=O)OC[C@H]1C[C@@H](Nc2ccnc(C(=O)N[C@H]3CCc4ccccc43)c2)[C@H](O)[C@@H]1O. The number of aromatic nitrogens is 1. The topological polar surface area (TPSA) is 164 Å². The van der Waals surface area contributed by atoms with Crippen molar-refractivity contribution in [3.05, 3.63) is 59.4 Å². The second-order valence-electron chi connectivity index (χ2n) is 8.20. The first-order valence-corrected chi connectivity index (χ1v) is 11.8. The number of fused-ring (bicyclic) bond motifs is 1. The van der Waals surface area contributed by atoms with Gasteiger partial charge >= 0.3 is 10.3 Å². The fourth-order valence-electron chi connectivity index (χ4n) is 4.41. The Bertz CT molecular complexity index is 1100. The van der Waals surface area contributed by atoms with Crippen LogP contribution < -0.4 is 15.8 Å². The van der Waals surface area contributed by atoms with Crippen LogP contribution in [0.5, 0.6) is 0 Å². The van der Waals surface area contributed by atoms with E-state index >= 15 is 0 Å². The molecule has 1 amide bonds. The van der Waals surface area contributed by atoms with Crippen LogP contribution in [-0.2, 0) is 20.9 Å². The molecule has 1 aromatic carbocycles. The van der Waals surface area contributed by atoms with Crippen LogP contribution in [0.2, 0.25) is 0 Å². The number of carbonyl (C=O) groups excluding carboxylic acids is 1. The van der Waals surface area contributed by atoms with Gasteiger partial charge in [0.15, 0.2) is 0 Å². The van der Waals surface area contributed by atoms with Crippen LogP contribution in [0.25, 0.3) is 0 Å². The normalized spacial score (nSPS) is 27.2. The van der Waals surface area contributed by atoms with Crippen molar-refractivity contribution in [3.63, 3.8) is 0 Å². The summed E-state index contributed by atoms with van der Waals surface area (Å²) in [6.07, 6.45) is 1.15. The standard InChI is InChI=1S/C21H26N4O6S/c22-32(29,30)31-11-13-9-17(20(27)19(13)26)24-14-7-8-23-18(10-14)21(28)25-16-6-5-12-3-1-2-4-15(12)16/h1-4,7-8,10,13,16-17,19-20,26-27H,5-6,9,11H2,(H,23,24)(H,25,28)(H2,22,29,30)/t13-,16+,17-,19-,20+/m1/s1. The first-order valence-electron chi connectivity index (χ1n) is 10.4. The third-order valence-electron chi connectivity index (χ3n) is 6.03. The Morgan fingerprint density at radius 3 is 2.78 bits per heavy atom. The first kappa shape index (κ1) is 22.6. The van der Waals surface area contributed by atoms with Crippen LogP contribution in [0.4, 0.5) is 5.69 Å². The number of carbonyl (C=O) groups is 1. The van der Waals surface area contributed by atoms with Crippen molar-refractivity contribution >= 4 is 21.9 Å². The van der Waals surface area contributed by atoms with Crippen molar-refractivity contribution < 1.29 is 27.6 Å². The molecule has 11 heteroatoms. The van der Waals surface area contributed by atoms with Gasteiger partial charge < -0.3 is 20.8 Å². The number of aliphatic hydroxyl groups is 2. The number of rotatable bonds is 7. The molecular weight excluding hydrogens is 436 g/mol. The summed E-state index contributed by atoms with van der Waals surface area (Å²) in [5.74, 6) is -0.922. The number of benzene rings is 1. The number of aliphatic hydroxyl groups excluding tert-OH is 2. The molecule has 1 heterocycles. The molecule has 5 atom stereocenters. The number of hydrogen-bond acceptors (Lipinski definition) is 8. The third-order valence-corrected chi connectivity index (χ3v) is 6.50. The van der Waals surface area contributed by atoms with Gasteiger partial charge in [0.25, 0.3) is 5.91 Å². The van der Waals surface area contributed by atoms with Crippen molar-refractivity contribution in [2.45, 2.75) is 43.6 Å². The highest BCUT2D eigenvalue weighted by atomic mass is 32.2. The minimum absolute atomic E-state index is 0.0662. The molecule has 1 aromatic heterocycles. The molecule has 0 bridgehead atoms. The Hall–Kier alpha value is -2.57. The van der Waals surface area contributed by atoms with Crippen LogP contribution in [-0.4, -0.2) is 54.4 Å². The molecule has 2 aliphatic rings. The molecule has 32 heavy (non-hydrogen) atoms. The number of nitrogens with two attached hydrogens (primary N) is 1. The van der Waals surface area contributed by atoms with E-state index in [0.717, 1.165) is 18.4 Å². The lowest BCUT2D eigenvalue weighted by atomic mass is 10.1. The van der Waals surface area contributed by atoms with Crippen molar-refractivity contribution in [1.29, 1.82) is 0 Å². The molecule has 0 saturated heterocycles. The number of anilines is 1. The van der Waals surface area contributed by atoms with E-state index in [1.165, 1.54) is 11.8 Å². The van der Waals surface area contributed by atoms with Gasteiger partial charge in [-0.15, -0.1) is 0 Å². The Morgan fingerprint density at radius 1 is 1.22 bits per heavy atom. The van der Waals surface area contributed by atoms with Crippen LogP contribution in [0.15, 0.2) is 42.6 Å². The van der Waals surface area contributed by atoms with Crippen molar-refractivity contribution in [2.75, 3.05) is 11.9 Å². The zero-order valence-corrected chi connectivity index (χ0v) is 18.0. The molecule has 172 valence electrons. The number of nitrogens with zero attached hydrogens (tertiary/aromatic N) is 1. The van der Waals surface area contributed by atoms with E-state index in [-0.39, 0.29) is 30.7 Å². The zero-order chi connectivity index (χ0) is 22.9. The molecule has 4 rings (SSSR count). The van der Waals surface area contributed by atoms with Crippen molar-refractivity contribution in [3.8, 4) is 0 Å². The van der Waals surface area contributed by atoms with Gasteiger partial charge in [0, 0.05) is 17.8 Å². The number of amides is 1. The van der Waals surface area contributed by atoms with E-state index < -0.39 is 34.5 Å². The number of hydrogen-bond donors (Lipinski definition) is 5. The smallest absolute Gasteiger partial charge is 0.333 e. The van der Waals surface area contributed by atoms with E-state index in [1.54, 1.807) is 12.1 Å². The summed E-state index contributed by atoms with van der Waals surface area (Å²) in [7, 11) is -4.14. The van der Waals surface area contributed by atoms with E-state index in [0.29, 0.717) is 5.69 Å². The summed E-state index contributed by atoms with van der Waals surface area (Å²) in [4.78, 5) is 16.9. The zero-order valence-electron chi connectivity index (χ0n) is 17.2. The Balaban J connectivity index is 1.39. The molecule has 2 aromatic rings. The molecule has 6 N–H and O–H groups in total. The minimum atomic E-state index is -4.14. The summed E-state index contributed by atoms with van der Waals surface area (Å²) in [5, 5.41) is 31.5. The van der Waals surface area contributed by atoms with Crippen molar-refractivity contribution in [2.24, 2.45) is 11.1 Å². The average molecular weight is 463 g/mol. The van der Waals surface area contributed by atoms with E-state index in [9.17, 15) is 23.4 Å². The van der Waals surface area contributed by atoms with Crippen molar-refractivity contribution in [1.82, 2.24) is 10.3 Å². The van der Waals surface area contributed by atoms with E-state index in [1.807, 2.05) is 18.2 Å². The highest BCUT2D eigenvalue weighted by Gasteiger charge is 2.42.